The van der Waals surface area contributed by atoms with Crippen LogP contribution in [-0.4, -0.2) is 30.4 Å². The number of ether oxygens (including phenoxy) is 1. The predicted molar refractivity (Wildman–Crippen MR) is 72.2 cm³/mol. The highest BCUT2D eigenvalue weighted by Crippen LogP contribution is 2.28. The van der Waals surface area contributed by atoms with Gasteiger partial charge in [0.2, 0.25) is 5.91 Å². The maximum absolute atomic E-state index is 11.8. The van der Waals surface area contributed by atoms with Crippen LogP contribution in [0.1, 0.15) is 22.3 Å². The number of hydrogen-bond acceptors (Lipinski definition) is 4. The van der Waals surface area contributed by atoms with Crippen molar-refractivity contribution in [3.05, 3.63) is 29.3 Å². The maximum atomic E-state index is 11.8. The van der Waals surface area contributed by atoms with Crippen LogP contribution in [-0.2, 0) is 9.53 Å². The first-order chi connectivity index (χ1) is 9.06. The Kier molecular flexibility index (Phi) is 3.86. The molecule has 1 aromatic rings. The lowest BCUT2D eigenvalue weighted by Gasteiger charge is -2.17. The van der Waals surface area contributed by atoms with Crippen molar-refractivity contribution in [2.75, 3.05) is 18.6 Å². The molecule has 0 aliphatic carbocycles. The number of alkyl halides is 1. The van der Waals surface area contributed by atoms with Crippen molar-refractivity contribution in [2.24, 2.45) is 0 Å². The first kappa shape index (κ1) is 13.6. The molecule has 2 rings (SSSR count). The monoisotopic (exact) mass is 322 g/mol. The van der Waals surface area contributed by atoms with Crippen LogP contribution in [0, 0.1) is 11.3 Å². The van der Waals surface area contributed by atoms with E-state index in [2.05, 4.69) is 20.7 Å². The molecule has 1 atom stereocenters. The van der Waals surface area contributed by atoms with Crippen LogP contribution in [0.15, 0.2) is 18.2 Å². The van der Waals surface area contributed by atoms with E-state index in [9.17, 15) is 9.59 Å². The molecule has 98 valence electrons. The Morgan fingerprint density at radius 2 is 2.32 bits per heavy atom. The van der Waals surface area contributed by atoms with E-state index in [1.807, 2.05) is 6.07 Å². The topological polar surface area (TPSA) is 70.4 Å². The van der Waals surface area contributed by atoms with Crippen LogP contribution in [0.3, 0.4) is 0 Å². The zero-order valence-corrected chi connectivity index (χ0v) is 11.8. The van der Waals surface area contributed by atoms with E-state index in [-0.39, 0.29) is 16.3 Å². The molecule has 1 unspecified atom stereocenters. The van der Waals surface area contributed by atoms with Crippen LogP contribution in [0.2, 0.25) is 0 Å². The Morgan fingerprint density at radius 3 is 2.84 bits per heavy atom. The number of rotatable bonds is 2. The van der Waals surface area contributed by atoms with Crippen LogP contribution in [0.4, 0.5) is 5.69 Å². The number of hydrogen-bond donors (Lipinski definition) is 0. The SMILES string of the molecule is COC(=O)c1ccc(N2CC(Br)CC2=O)c(C#N)c1. The van der Waals surface area contributed by atoms with Gasteiger partial charge in [-0.3, -0.25) is 4.79 Å². The van der Waals surface area contributed by atoms with Gasteiger partial charge in [0.15, 0.2) is 0 Å². The van der Waals surface area contributed by atoms with Gasteiger partial charge in [-0.25, -0.2) is 4.79 Å². The number of halogens is 1. The number of benzene rings is 1. The van der Waals surface area contributed by atoms with Gasteiger partial charge in [-0.15, -0.1) is 0 Å². The van der Waals surface area contributed by atoms with Crippen LogP contribution < -0.4 is 4.90 Å². The van der Waals surface area contributed by atoms with E-state index in [4.69, 9.17) is 5.26 Å². The van der Waals surface area contributed by atoms with Gasteiger partial charge in [-0.2, -0.15) is 5.26 Å². The average molecular weight is 323 g/mol. The van der Waals surface area contributed by atoms with Crippen molar-refractivity contribution in [2.45, 2.75) is 11.2 Å². The zero-order valence-electron chi connectivity index (χ0n) is 10.2. The number of methoxy groups -OCH3 is 1. The summed E-state index contributed by atoms with van der Waals surface area (Å²) in [5.41, 5.74) is 1.12. The largest absolute Gasteiger partial charge is 0.465 e. The lowest BCUT2D eigenvalue weighted by atomic mass is 10.1. The lowest BCUT2D eigenvalue weighted by Crippen LogP contribution is -2.25. The second kappa shape index (κ2) is 5.41. The molecule has 1 saturated heterocycles. The molecule has 0 spiro atoms. The second-order valence-corrected chi connectivity index (χ2v) is 5.44. The molecule has 0 N–H and O–H groups in total. The highest BCUT2D eigenvalue weighted by molar-refractivity contribution is 9.09. The first-order valence-electron chi connectivity index (χ1n) is 5.63. The van der Waals surface area contributed by atoms with E-state index in [1.54, 1.807) is 17.0 Å². The smallest absolute Gasteiger partial charge is 0.337 e. The maximum Gasteiger partial charge on any atom is 0.337 e. The summed E-state index contributed by atoms with van der Waals surface area (Å²) in [4.78, 5) is 24.9. The molecule has 19 heavy (non-hydrogen) atoms. The van der Waals surface area contributed by atoms with Gasteiger partial charge in [0.25, 0.3) is 0 Å². The molecule has 5 nitrogen and oxygen atoms in total. The van der Waals surface area contributed by atoms with Crippen LogP contribution >= 0.6 is 15.9 Å². The summed E-state index contributed by atoms with van der Waals surface area (Å²) in [6.45, 7) is 0.519. The van der Waals surface area contributed by atoms with Crippen molar-refractivity contribution >= 4 is 33.5 Å². The Hall–Kier alpha value is -1.87. The number of anilines is 1. The standard InChI is InChI=1S/C13H11BrN2O3/c1-19-13(18)8-2-3-11(9(4-8)6-15)16-7-10(14)5-12(16)17/h2-4,10H,5,7H2,1H3. The number of amides is 1. The van der Waals surface area contributed by atoms with Gasteiger partial charge in [0.05, 0.1) is 23.9 Å². The fourth-order valence-electron chi connectivity index (χ4n) is 2.00. The predicted octanol–water partition coefficient (Wildman–Crippen LogP) is 1.85. The molecular formula is C13H11BrN2O3. The van der Waals surface area contributed by atoms with Gasteiger partial charge >= 0.3 is 5.97 Å². The molecule has 1 heterocycles. The van der Waals surface area contributed by atoms with Crippen molar-refractivity contribution in [3.8, 4) is 6.07 Å². The number of carbonyl (C=O) groups is 2. The Morgan fingerprint density at radius 1 is 1.58 bits per heavy atom. The van der Waals surface area contributed by atoms with E-state index in [1.165, 1.54) is 13.2 Å². The molecule has 1 amide bonds. The van der Waals surface area contributed by atoms with Gasteiger partial charge in [0, 0.05) is 17.8 Å². The second-order valence-electron chi connectivity index (χ2n) is 4.14. The zero-order chi connectivity index (χ0) is 14.0. The molecular weight excluding hydrogens is 312 g/mol. The summed E-state index contributed by atoms with van der Waals surface area (Å²) in [6.07, 6.45) is 0.406. The van der Waals surface area contributed by atoms with Gasteiger partial charge in [0.1, 0.15) is 6.07 Å². The number of nitrogens with zero attached hydrogens (tertiary/aromatic N) is 2. The summed E-state index contributed by atoms with van der Waals surface area (Å²) < 4.78 is 4.60. The minimum Gasteiger partial charge on any atom is -0.465 e. The van der Waals surface area contributed by atoms with Crippen LogP contribution in [0.25, 0.3) is 0 Å². The molecule has 1 fully saturated rings. The summed E-state index contributed by atoms with van der Waals surface area (Å²) in [7, 11) is 1.28. The highest BCUT2D eigenvalue weighted by atomic mass is 79.9. The fourth-order valence-corrected chi connectivity index (χ4v) is 2.57. The third-order valence-corrected chi connectivity index (χ3v) is 3.52. The quantitative estimate of drug-likeness (QED) is 0.615. The Bertz CT molecular complexity index is 580. The number of nitriles is 1. The highest BCUT2D eigenvalue weighted by Gasteiger charge is 2.30. The van der Waals surface area contributed by atoms with Crippen molar-refractivity contribution in [3.63, 3.8) is 0 Å². The molecule has 0 bridgehead atoms. The summed E-state index contributed by atoms with van der Waals surface area (Å²) in [6, 6.07) is 6.61. The molecule has 1 aliphatic heterocycles. The third-order valence-electron chi connectivity index (χ3n) is 2.91. The van der Waals surface area contributed by atoms with E-state index < -0.39 is 5.97 Å². The lowest BCUT2D eigenvalue weighted by molar-refractivity contribution is -0.117. The molecule has 1 aliphatic rings. The van der Waals surface area contributed by atoms with Crippen molar-refractivity contribution in [1.29, 1.82) is 5.26 Å². The third kappa shape index (κ3) is 2.61. The van der Waals surface area contributed by atoms with E-state index in [0.29, 0.717) is 24.2 Å². The number of carbonyl (C=O) groups excluding carboxylic acids is 2. The van der Waals surface area contributed by atoms with E-state index >= 15 is 0 Å². The first-order valence-corrected chi connectivity index (χ1v) is 6.55. The van der Waals surface area contributed by atoms with Gasteiger partial charge in [-0.05, 0) is 18.2 Å². The summed E-state index contributed by atoms with van der Waals surface area (Å²) >= 11 is 3.39. The summed E-state index contributed by atoms with van der Waals surface area (Å²) in [5.74, 6) is -0.543. The molecule has 6 heteroatoms. The Balaban J connectivity index is 2.40. The molecule has 1 aromatic carbocycles. The molecule has 0 saturated carbocycles. The molecule has 0 radical (unpaired) electrons. The van der Waals surface area contributed by atoms with Crippen molar-refractivity contribution < 1.29 is 14.3 Å². The average Bonchev–Trinajstić information content (AvgIpc) is 2.75. The van der Waals surface area contributed by atoms with Gasteiger partial charge < -0.3 is 9.64 Å². The Labute approximate surface area is 118 Å². The van der Waals surface area contributed by atoms with Crippen molar-refractivity contribution in [1.82, 2.24) is 0 Å². The van der Waals surface area contributed by atoms with Crippen LogP contribution in [0.5, 0.6) is 0 Å². The summed E-state index contributed by atoms with van der Waals surface area (Å²) in [5, 5.41) is 9.16. The minimum absolute atomic E-state index is 0.0378. The molecule has 0 aromatic heterocycles. The fraction of sp³-hybridized carbons (Fsp3) is 0.308. The van der Waals surface area contributed by atoms with E-state index in [0.717, 1.165) is 0 Å². The number of esters is 1. The van der Waals surface area contributed by atoms with Gasteiger partial charge in [-0.1, -0.05) is 15.9 Å². The normalized spacial score (nSPS) is 18.3. The minimum atomic E-state index is -0.505.